The van der Waals surface area contributed by atoms with Crippen molar-refractivity contribution >= 4 is 27.8 Å². The fourth-order valence-corrected chi connectivity index (χ4v) is 3.98. The molecule has 3 N–H and O–H groups in total. The molecule has 9 nitrogen and oxygen atoms in total. The fourth-order valence-electron chi connectivity index (χ4n) is 3.98. The lowest BCUT2D eigenvalue weighted by Crippen LogP contribution is -2.09. The number of furan rings is 1. The molecule has 0 saturated heterocycles. The summed E-state index contributed by atoms with van der Waals surface area (Å²) in [6.45, 7) is 4.05. The van der Waals surface area contributed by atoms with Crippen LogP contribution in [0.25, 0.3) is 56.0 Å². The summed E-state index contributed by atoms with van der Waals surface area (Å²) >= 11 is 0. The lowest BCUT2D eigenvalue weighted by atomic mass is 10.1. The maximum Gasteiger partial charge on any atom is 0.159 e. The molecule has 0 bridgehead atoms. The van der Waals surface area contributed by atoms with Crippen molar-refractivity contribution in [2.45, 2.75) is 19.9 Å². The number of nitrogens with one attached hydrogen (secondary N) is 3. The molecule has 34 heavy (non-hydrogen) atoms. The summed E-state index contributed by atoms with van der Waals surface area (Å²) in [5.41, 5.74) is 5.25. The Hall–Kier alpha value is -4.60. The lowest BCUT2D eigenvalue weighted by molar-refractivity contribution is 0.568. The average molecular weight is 454 g/mol. The van der Waals surface area contributed by atoms with Gasteiger partial charge in [0.15, 0.2) is 11.5 Å². The Labute approximate surface area is 192 Å². The zero-order valence-electron chi connectivity index (χ0n) is 18.3. The van der Waals surface area contributed by atoms with Gasteiger partial charge in [0.05, 0.1) is 29.1 Å². The molecule has 0 amide bonds. The summed E-state index contributed by atoms with van der Waals surface area (Å²) < 4.78 is 21.1. The van der Waals surface area contributed by atoms with Gasteiger partial charge in [0, 0.05) is 47.5 Å². The smallest absolute Gasteiger partial charge is 0.159 e. The van der Waals surface area contributed by atoms with Crippen molar-refractivity contribution in [2.24, 2.45) is 0 Å². The molecule has 0 aliphatic rings. The highest BCUT2D eigenvalue weighted by Crippen LogP contribution is 2.34. The van der Waals surface area contributed by atoms with Crippen LogP contribution in [-0.2, 0) is 0 Å². The Balaban J connectivity index is 1.50. The number of pyridine rings is 3. The van der Waals surface area contributed by atoms with E-state index in [0.29, 0.717) is 39.5 Å². The number of H-pyrrole nitrogens is 2. The van der Waals surface area contributed by atoms with Crippen molar-refractivity contribution < 1.29 is 8.81 Å². The van der Waals surface area contributed by atoms with E-state index in [2.05, 4.69) is 35.5 Å². The minimum atomic E-state index is -0.453. The normalized spacial score (nSPS) is 11.6. The first-order valence-corrected chi connectivity index (χ1v) is 10.7. The van der Waals surface area contributed by atoms with Crippen LogP contribution in [0.2, 0.25) is 0 Å². The lowest BCUT2D eigenvalue weighted by Gasteiger charge is -2.11. The standard InChI is InChI=1S/C24H19FN8O/c1-12(2)29-15-7-14(8-26-9-15)16-10-28-23-18(19(16)25)22(32-33-23)24-30-17-3-5-27-20(21(17)31-24)13-4-6-34-11-13/h3-12,29H,1-2H3,(H,30,31)(H,28,32,33). The molecule has 0 aliphatic carbocycles. The SMILES string of the molecule is CC(C)Nc1cncc(-c2cnc3[nH]nc(-c4nc5c(-c6ccoc6)nccc5[nH]4)c3c2F)c1. The number of fused-ring (bicyclic) bond motifs is 2. The highest BCUT2D eigenvalue weighted by molar-refractivity contribution is 5.96. The summed E-state index contributed by atoms with van der Waals surface area (Å²) in [7, 11) is 0. The quantitative estimate of drug-likeness (QED) is 0.328. The topological polar surface area (TPSA) is 121 Å². The van der Waals surface area contributed by atoms with Crippen LogP contribution in [-0.4, -0.2) is 41.2 Å². The third-order valence-corrected chi connectivity index (χ3v) is 5.45. The van der Waals surface area contributed by atoms with Crippen LogP contribution >= 0.6 is 0 Å². The Bertz CT molecular complexity index is 1630. The number of rotatable bonds is 5. The Kier molecular flexibility index (Phi) is 4.58. The second-order valence-electron chi connectivity index (χ2n) is 8.20. The first-order valence-electron chi connectivity index (χ1n) is 10.7. The van der Waals surface area contributed by atoms with E-state index < -0.39 is 5.82 Å². The van der Waals surface area contributed by atoms with Gasteiger partial charge in [-0.3, -0.25) is 15.1 Å². The zero-order valence-corrected chi connectivity index (χ0v) is 18.3. The number of anilines is 1. The number of hydrogen-bond donors (Lipinski definition) is 3. The van der Waals surface area contributed by atoms with E-state index in [1.807, 2.05) is 32.0 Å². The van der Waals surface area contributed by atoms with Crippen molar-refractivity contribution in [3.05, 3.63) is 61.3 Å². The van der Waals surface area contributed by atoms with Crippen LogP contribution in [0.3, 0.4) is 0 Å². The Morgan fingerprint density at radius 3 is 2.79 bits per heavy atom. The average Bonchev–Trinajstić information content (AvgIpc) is 3.57. The van der Waals surface area contributed by atoms with Gasteiger partial charge in [-0.2, -0.15) is 5.10 Å². The predicted octanol–water partition coefficient (Wildman–Crippen LogP) is 5.18. The molecule has 0 radical (unpaired) electrons. The molecule has 0 aromatic carbocycles. The molecule has 6 aromatic rings. The van der Waals surface area contributed by atoms with Gasteiger partial charge in [-0.25, -0.2) is 14.4 Å². The summed E-state index contributed by atoms with van der Waals surface area (Å²) in [5.74, 6) is -0.0453. The third-order valence-electron chi connectivity index (χ3n) is 5.45. The van der Waals surface area contributed by atoms with Gasteiger partial charge in [0.2, 0.25) is 0 Å². The van der Waals surface area contributed by atoms with Crippen molar-refractivity contribution in [1.29, 1.82) is 0 Å². The van der Waals surface area contributed by atoms with E-state index in [1.165, 1.54) is 6.20 Å². The Morgan fingerprint density at radius 1 is 1.06 bits per heavy atom. The van der Waals surface area contributed by atoms with E-state index in [-0.39, 0.29) is 11.4 Å². The largest absolute Gasteiger partial charge is 0.472 e. The zero-order chi connectivity index (χ0) is 23.2. The van der Waals surface area contributed by atoms with Gasteiger partial charge < -0.3 is 14.7 Å². The number of nitrogens with zero attached hydrogens (tertiary/aromatic N) is 5. The number of aromatic amines is 2. The van der Waals surface area contributed by atoms with Gasteiger partial charge in [-0.15, -0.1) is 0 Å². The van der Waals surface area contributed by atoms with E-state index in [4.69, 9.17) is 9.40 Å². The summed E-state index contributed by atoms with van der Waals surface area (Å²) in [6, 6.07) is 5.69. The minimum Gasteiger partial charge on any atom is -0.472 e. The van der Waals surface area contributed by atoms with Crippen molar-refractivity contribution in [1.82, 2.24) is 35.1 Å². The number of hydrogen-bond acceptors (Lipinski definition) is 7. The fraction of sp³-hybridized carbons (Fsp3) is 0.125. The van der Waals surface area contributed by atoms with Gasteiger partial charge >= 0.3 is 0 Å². The van der Waals surface area contributed by atoms with Crippen molar-refractivity contribution in [2.75, 3.05) is 5.32 Å². The van der Waals surface area contributed by atoms with Crippen LogP contribution in [0.5, 0.6) is 0 Å². The monoisotopic (exact) mass is 454 g/mol. The van der Waals surface area contributed by atoms with Gasteiger partial charge in [-0.1, -0.05) is 0 Å². The predicted molar refractivity (Wildman–Crippen MR) is 126 cm³/mol. The maximum atomic E-state index is 15.9. The molecule has 0 spiro atoms. The number of aromatic nitrogens is 7. The molecule has 168 valence electrons. The van der Waals surface area contributed by atoms with Gasteiger partial charge in [0.25, 0.3) is 0 Å². The van der Waals surface area contributed by atoms with Crippen molar-refractivity contribution in [3.63, 3.8) is 0 Å². The first kappa shape index (κ1) is 20.0. The summed E-state index contributed by atoms with van der Waals surface area (Å²) in [4.78, 5) is 21.0. The van der Waals surface area contributed by atoms with Crippen molar-refractivity contribution in [3.8, 4) is 33.9 Å². The second-order valence-corrected chi connectivity index (χ2v) is 8.20. The highest BCUT2D eigenvalue weighted by atomic mass is 19.1. The molecular weight excluding hydrogens is 435 g/mol. The molecule has 0 aliphatic heterocycles. The highest BCUT2D eigenvalue weighted by Gasteiger charge is 2.21. The Morgan fingerprint density at radius 2 is 1.97 bits per heavy atom. The maximum absolute atomic E-state index is 15.9. The molecule has 10 heteroatoms. The second kappa shape index (κ2) is 7.77. The number of halogens is 1. The number of imidazole rings is 1. The molecule has 6 aromatic heterocycles. The van der Waals surface area contributed by atoms with E-state index in [0.717, 1.165) is 16.8 Å². The van der Waals surface area contributed by atoms with Crippen LogP contribution in [0, 0.1) is 5.82 Å². The van der Waals surface area contributed by atoms with Crippen LogP contribution < -0.4 is 5.32 Å². The summed E-state index contributed by atoms with van der Waals surface area (Å²) in [6.07, 6.45) is 9.66. The minimum absolute atomic E-state index is 0.220. The van der Waals surface area contributed by atoms with Gasteiger partial charge in [-0.05, 0) is 32.0 Å². The molecular formula is C24H19FN8O. The molecule has 0 fully saturated rings. The van der Waals surface area contributed by atoms with E-state index >= 15 is 4.39 Å². The van der Waals surface area contributed by atoms with Crippen LogP contribution in [0.4, 0.5) is 10.1 Å². The molecule has 0 unspecified atom stereocenters. The van der Waals surface area contributed by atoms with Crippen LogP contribution in [0.1, 0.15) is 13.8 Å². The summed E-state index contributed by atoms with van der Waals surface area (Å²) in [5, 5.41) is 10.7. The van der Waals surface area contributed by atoms with E-state index in [9.17, 15) is 0 Å². The third kappa shape index (κ3) is 3.27. The molecule has 6 heterocycles. The van der Waals surface area contributed by atoms with Crippen LogP contribution in [0.15, 0.2) is 59.9 Å². The first-order chi connectivity index (χ1) is 16.6. The van der Waals surface area contributed by atoms with E-state index in [1.54, 1.807) is 31.1 Å². The molecule has 0 atom stereocenters. The van der Waals surface area contributed by atoms with Gasteiger partial charge in [0.1, 0.15) is 22.7 Å². The molecule has 0 saturated carbocycles. The molecule has 6 rings (SSSR count).